The molecule has 0 atom stereocenters. The number of aliphatic hydroxyl groups is 1. The summed E-state index contributed by atoms with van der Waals surface area (Å²) in [6, 6.07) is 9.07. The molecule has 0 unspecified atom stereocenters. The Balaban J connectivity index is 2.66. The van der Waals surface area contributed by atoms with Gasteiger partial charge in [-0.25, -0.2) is 0 Å². The van der Waals surface area contributed by atoms with Crippen molar-refractivity contribution in [3.63, 3.8) is 0 Å². The molecule has 0 amide bonds. The van der Waals surface area contributed by atoms with E-state index in [1.54, 1.807) is 12.1 Å². The largest absolute Gasteiger partial charge is 0.396 e. The highest BCUT2D eigenvalue weighted by atomic mass is 16.3. The van der Waals surface area contributed by atoms with E-state index in [9.17, 15) is 0 Å². The van der Waals surface area contributed by atoms with Crippen molar-refractivity contribution in [3.8, 4) is 0 Å². The second-order valence-corrected chi connectivity index (χ2v) is 1.82. The van der Waals surface area contributed by atoms with Gasteiger partial charge in [0.2, 0.25) is 0 Å². The van der Waals surface area contributed by atoms with Gasteiger partial charge in [-0.05, 0) is 12.0 Å². The zero-order valence-electron chi connectivity index (χ0n) is 7.04. The van der Waals surface area contributed by atoms with Gasteiger partial charge >= 0.3 is 0 Å². The van der Waals surface area contributed by atoms with Crippen molar-refractivity contribution in [2.24, 2.45) is 0 Å². The summed E-state index contributed by atoms with van der Waals surface area (Å²) in [5.74, 6) is 0. The van der Waals surface area contributed by atoms with Crippen LogP contribution < -0.4 is 0 Å². The summed E-state index contributed by atoms with van der Waals surface area (Å²) in [5.41, 5.74) is 0.806. The quantitative estimate of drug-likeness (QED) is 0.589. The smallest absolute Gasteiger partial charge is 0.0567 e. The number of rotatable bonds is 2. The molecule has 1 aromatic rings. The minimum absolute atomic E-state index is 0.0494. The van der Waals surface area contributed by atoms with Crippen molar-refractivity contribution >= 4 is 0 Å². The van der Waals surface area contributed by atoms with Crippen LogP contribution >= 0.6 is 0 Å². The molecule has 48 valence electrons. The van der Waals surface area contributed by atoms with E-state index < -0.39 is 6.56 Å². The topological polar surface area (TPSA) is 20.2 Å². The Hall–Kier alpha value is -0.820. The van der Waals surface area contributed by atoms with Crippen LogP contribution in [0.4, 0.5) is 0 Å². The number of hydrogen-bond donors (Lipinski definition) is 1. The van der Waals surface area contributed by atoms with Crippen molar-refractivity contribution in [2.45, 2.75) is 6.42 Å². The number of hydrogen-bond acceptors (Lipinski definition) is 1. The van der Waals surface area contributed by atoms with Crippen LogP contribution in [-0.4, -0.2) is 11.7 Å². The van der Waals surface area contributed by atoms with Crippen LogP contribution in [0.2, 0.25) is 0 Å². The maximum atomic E-state index is 8.80. The molecule has 0 saturated carbocycles. The lowest BCUT2D eigenvalue weighted by Gasteiger charge is -1.93. The highest BCUT2D eigenvalue weighted by Gasteiger charge is 1.85. The summed E-state index contributed by atoms with van der Waals surface area (Å²) in [7, 11) is 0. The first-order chi connectivity index (χ1) is 5.08. The summed E-state index contributed by atoms with van der Waals surface area (Å²) in [6.45, 7) is -2.10. The lowest BCUT2D eigenvalue weighted by Crippen LogP contribution is -1.88. The van der Waals surface area contributed by atoms with Crippen LogP contribution in [-0.2, 0) is 6.42 Å². The summed E-state index contributed by atoms with van der Waals surface area (Å²) in [6.07, 6.45) is 0.0494. The summed E-state index contributed by atoms with van der Waals surface area (Å²) in [5, 5.41) is 8.80. The highest BCUT2D eigenvalue weighted by molar-refractivity contribution is 5.14. The van der Waals surface area contributed by atoms with Crippen LogP contribution in [0.1, 0.15) is 8.30 Å². The first-order valence-electron chi connectivity index (χ1n) is 3.84. The Bertz CT molecular complexity index is 215. The molecule has 0 radical (unpaired) electrons. The second kappa shape index (κ2) is 3.25. The fraction of sp³-hybridized carbons (Fsp3) is 0.250. The molecule has 0 saturated heterocycles. The Kier molecular flexibility index (Phi) is 1.47. The van der Waals surface area contributed by atoms with Gasteiger partial charge in [-0.3, -0.25) is 0 Å². The molecule has 0 bridgehead atoms. The lowest BCUT2D eigenvalue weighted by atomic mass is 10.2. The van der Waals surface area contributed by atoms with Crippen LogP contribution in [0.15, 0.2) is 30.3 Å². The third-order valence-electron chi connectivity index (χ3n) is 1.13. The first-order valence-corrected chi connectivity index (χ1v) is 2.84. The van der Waals surface area contributed by atoms with Crippen LogP contribution in [0.3, 0.4) is 0 Å². The van der Waals surface area contributed by atoms with E-state index in [0.717, 1.165) is 5.56 Å². The minimum atomic E-state index is -2.10. The molecule has 9 heavy (non-hydrogen) atoms. The normalized spacial score (nSPS) is 14.3. The standard InChI is InChI=1S/C8H10O/c9-7-6-8-4-2-1-3-5-8/h1-5,9H,6-7H2/i7+1D2. The summed E-state index contributed by atoms with van der Waals surface area (Å²) < 4.78 is 13.8. The van der Waals surface area contributed by atoms with Crippen molar-refractivity contribution in [1.82, 2.24) is 0 Å². The Labute approximate surface area is 57.8 Å². The predicted molar refractivity (Wildman–Crippen MR) is 37.2 cm³/mol. The Morgan fingerprint density at radius 3 is 2.56 bits per heavy atom. The minimum Gasteiger partial charge on any atom is -0.396 e. The Morgan fingerprint density at radius 1 is 1.33 bits per heavy atom. The fourth-order valence-corrected chi connectivity index (χ4v) is 0.687. The van der Waals surface area contributed by atoms with E-state index in [4.69, 9.17) is 7.85 Å². The predicted octanol–water partition coefficient (Wildman–Crippen LogP) is 1.22. The zero-order chi connectivity index (χ0) is 8.32. The Morgan fingerprint density at radius 2 is 2.00 bits per heavy atom. The molecular formula is C8H10O. The van der Waals surface area contributed by atoms with E-state index >= 15 is 0 Å². The molecule has 0 aliphatic heterocycles. The lowest BCUT2D eigenvalue weighted by molar-refractivity contribution is 0.299. The van der Waals surface area contributed by atoms with E-state index in [2.05, 4.69) is 0 Å². The molecule has 1 N–H and O–H groups in total. The third kappa shape index (κ3) is 1.86. The zero-order valence-corrected chi connectivity index (χ0v) is 5.04. The summed E-state index contributed by atoms with van der Waals surface area (Å²) >= 11 is 0. The van der Waals surface area contributed by atoms with Gasteiger partial charge < -0.3 is 5.11 Å². The molecule has 1 heteroatoms. The fourth-order valence-electron chi connectivity index (χ4n) is 0.687. The van der Waals surface area contributed by atoms with Crippen LogP contribution in [0, 0.1) is 0 Å². The van der Waals surface area contributed by atoms with Crippen LogP contribution in [0.25, 0.3) is 0 Å². The average molecular weight is 125 g/mol. The second-order valence-electron chi connectivity index (χ2n) is 1.82. The van der Waals surface area contributed by atoms with Gasteiger partial charge in [0.1, 0.15) is 0 Å². The molecule has 0 spiro atoms. The van der Waals surface area contributed by atoms with Crippen LogP contribution in [0.5, 0.6) is 0 Å². The van der Waals surface area contributed by atoms with Gasteiger partial charge in [-0.15, -0.1) is 0 Å². The highest BCUT2D eigenvalue weighted by Crippen LogP contribution is 1.97. The molecule has 0 aliphatic carbocycles. The molecule has 0 fully saturated rings. The van der Waals surface area contributed by atoms with Gasteiger partial charge in [0.25, 0.3) is 0 Å². The summed E-state index contributed by atoms with van der Waals surface area (Å²) in [4.78, 5) is 0. The number of aryl methyl sites for hydroxylation is 1. The van der Waals surface area contributed by atoms with Crippen molar-refractivity contribution in [3.05, 3.63) is 35.9 Å². The van der Waals surface area contributed by atoms with Gasteiger partial charge in [0.05, 0.1) is 2.74 Å². The molecular weight excluding hydrogens is 113 g/mol. The molecule has 1 nitrogen and oxygen atoms in total. The van der Waals surface area contributed by atoms with Gasteiger partial charge in [-0.2, -0.15) is 0 Å². The molecule has 0 aliphatic rings. The monoisotopic (exact) mass is 125 g/mol. The average Bonchev–Trinajstić information content (AvgIpc) is 1.85. The van der Waals surface area contributed by atoms with E-state index in [1.807, 2.05) is 18.2 Å². The maximum absolute atomic E-state index is 8.80. The molecule has 0 heterocycles. The first kappa shape index (κ1) is 4.07. The third-order valence-corrected chi connectivity index (χ3v) is 1.13. The van der Waals surface area contributed by atoms with Gasteiger partial charge in [0.15, 0.2) is 0 Å². The van der Waals surface area contributed by atoms with Gasteiger partial charge in [-0.1, -0.05) is 30.3 Å². The molecule has 0 aromatic heterocycles. The SMILES string of the molecule is [2H][13C]([2H])(O)Cc1ccccc1. The van der Waals surface area contributed by atoms with Crippen molar-refractivity contribution in [2.75, 3.05) is 6.56 Å². The van der Waals surface area contributed by atoms with E-state index in [1.165, 1.54) is 0 Å². The van der Waals surface area contributed by atoms with E-state index in [-0.39, 0.29) is 6.42 Å². The molecule has 1 rings (SSSR count). The van der Waals surface area contributed by atoms with E-state index in [0.29, 0.717) is 0 Å². The maximum Gasteiger partial charge on any atom is 0.0567 e. The van der Waals surface area contributed by atoms with Gasteiger partial charge in [0, 0.05) is 6.56 Å². The van der Waals surface area contributed by atoms with Crippen molar-refractivity contribution < 1.29 is 7.85 Å². The molecule has 1 aromatic carbocycles. The van der Waals surface area contributed by atoms with Crippen molar-refractivity contribution in [1.29, 1.82) is 0 Å². The number of benzene rings is 1.